The molecule has 2 fully saturated rings. The quantitative estimate of drug-likeness (QED) is 0.802. The minimum absolute atomic E-state index is 0.00736. The first-order valence-corrected chi connectivity index (χ1v) is 7.38. The van der Waals surface area contributed by atoms with Gasteiger partial charge in [-0.25, -0.2) is 0 Å². The lowest BCUT2D eigenvalue weighted by molar-refractivity contribution is -0.159. The molecule has 0 aromatic carbocycles. The molecular formula is C15H23NO4. The maximum atomic E-state index is 12.3. The SMILES string of the molecule is CCC(C)(CN1C(=O)CC2(CCCC2)CC1=O)C(=O)O. The standard InChI is InChI=1S/C15H23NO4/c1-3-14(2,13(19)20)10-16-11(17)8-15(9-12(16)18)6-4-5-7-15/h3-10H2,1-2H3,(H,19,20). The van der Waals surface area contributed by atoms with E-state index in [2.05, 4.69) is 0 Å². The Kier molecular flexibility index (Phi) is 3.89. The zero-order valence-corrected chi connectivity index (χ0v) is 12.3. The topological polar surface area (TPSA) is 74.7 Å². The number of likely N-dealkylation sites (tertiary alicyclic amines) is 1. The van der Waals surface area contributed by atoms with Crippen molar-refractivity contribution in [1.29, 1.82) is 0 Å². The van der Waals surface area contributed by atoms with Crippen LogP contribution in [0.3, 0.4) is 0 Å². The molecule has 1 aliphatic heterocycles. The first kappa shape index (κ1) is 15.0. The Labute approximate surface area is 119 Å². The highest BCUT2D eigenvalue weighted by molar-refractivity contribution is 5.99. The van der Waals surface area contributed by atoms with Gasteiger partial charge in [-0.05, 0) is 31.6 Å². The van der Waals surface area contributed by atoms with Crippen molar-refractivity contribution < 1.29 is 19.5 Å². The summed E-state index contributed by atoms with van der Waals surface area (Å²) in [6, 6.07) is 0. The van der Waals surface area contributed by atoms with Gasteiger partial charge in [0.2, 0.25) is 11.8 Å². The highest BCUT2D eigenvalue weighted by atomic mass is 16.4. The van der Waals surface area contributed by atoms with Crippen molar-refractivity contribution in [2.75, 3.05) is 6.54 Å². The van der Waals surface area contributed by atoms with E-state index in [0.717, 1.165) is 25.7 Å². The summed E-state index contributed by atoms with van der Waals surface area (Å²) in [5, 5.41) is 9.29. The molecule has 1 aliphatic carbocycles. The summed E-state index contributed by atoms with van der Waals surface area (Å²) in [6.45, 7) is 3.36. The molecule has 1 spiro atoms. The van der Waals surface area contributed by atoms with Crippen molar-refractivity contribution >= 4 is 17.8 Å². The number of imide groups is 1. The van der Waals surface area contributed by atoms with E-state index in [9.17, 15) is 19.5 Å². The molecule has 1 saturated heterocycles. The molecule has 0 bridgehead atoms. The van der Waals surface area contributed by atoms with Crippen molar-refractivity contribution in [3.8, 4) is 0 Å². The lowest BCUT2D eigenvalue weighted by atomic mass is 9.75. The van der Waals surface area contributed by atoms with Crippen LogP contribution < -0.4 is 0 Å². The van der Waals surface area contributed by atoms with E-state index in [4.69, 9.17) is 0 Å². The van der Waals surface area contributed by atoms with Crippen molar-refractivity contribution in [2.24, 2.45) is 10.8 Å². The fraction of sp³-hybridized carbons (Fsp3) is 0.800. The predicted octanol–water partition coefficient (Wildman–Crippen LogP) is 2.20. The van der Waals surface area contributed by atoms with Gasteiger partial charge in [-0.15, -0.1) is 0 Å². The maximum absolute atomic E-state index is 12.3. The molecule has 2 rings (SSSR count). The van der Waals surface area contributed by atoms with Crippen molar-refractivity contribution in [3.05, 3.63) is 0 Å². The smallest absolute Gasteiger partial charge is 0.311 e. The predicted molar refractivity (Wildman–Crippen MR) is 72.9 cm³/mol. The summed E-state index contributed by atoms with van der Waals surface area (Å²) >= 11 is 0. The lowest BCUT2D eigenvalue weighted by Crippen LogP contribution is -2.52. The first-order valence-electron chi connectivity index (χ1n) is 7.38. The van der Waals surface area contributed by atoms with E-state index in [1.807, 2.05) is 0 Å². The Bertz CT molecular complexity index is 419. The van der Waals surface area contributed by atoms with Gasteiger partial charge in [0.25, 0.3) is 0 Å². The fourth-order valence-corrected chi connectivity index (χ4v) is 3.37. The fourth-order valence-electron chi connectivity index (χ4n) is 3.37. The summed E-state index contributed by atoms with van der Waals surface area (Å²) in [6.07, 6.45) is 5.26. The summed E-state index contributed by atoms with van der Waals surface area (Å²) in [5.41, 5.74) is -1.18. The lowest BCUT2D eigenvalue weighted by Gasteiger charge is -2.39. The molecule has 1 N–H and O–H groups in total. The molecule has 112 valence electrons. The van der Waals surface area contributed by atoms with Gasteiger partial charge in [-0.3, -0.25) is 19.3 Å². The van der Waals surface area contributed by atoms with E-state index in [-0.39, 0.29) is 23.8 Å². The Hall–Kier alpha value is -1.39. The van der Waals surface area contributed by atoms with Crippen LogP contribution in [0.15, 0.2) is 0 Å². The van der Waals surface area contributed by atoms with Crippen LogP contribution in [-0.4, -0.2) is 34.3 Å². The van der Waals surface area contributed by atoms with Crippen molar-refractivity contribution in [2.45, 2.75) is 58.8 Å². The number of piperidine rings is 1. The van der Waals surface area contributed by atoms with Gasteiger partial charge >= 0.3 is 5.97 Å². The average molecular weight is 281 g/mol. The number of carbonyl (C=O) groups is 3. The molecule has 2 aliphatic rings. The third-order valence-electron chi connectivity index (χ3n) is 5.12. The summed E-state index contributed by atoms with van der Waals surface area (Å²) in [5.74, 6) is -1.34. The third-order valence-corrected chi connectivity index (χ3v) is 5.12. The Morgan fingerprint density at radius 2 is 1.75 bits per heavy atom. The molecule has 1 saturated carbocycles. The second-order valence-corrected chi connectivity index (χ2v) is 6.65. The number of carbonyl (C=O) groups excluding carboxylic acids is 2. The number of aliphatic carboxylic acids is 1. The molecular weight excluding hydrogens is 258 g/mol. The van der Waals surface area contributed by atoms with Crippen LogP contribution >= 0.6 is 0 Å². The molecule has 5 heteroatoms. The minimum Gasteiger partial charge on any atom is -0.481 e. The number of carboxylic acid groups (broad SMARTS) is 1. The zero-order chi connectivity index (χ0) is 15.0. The van der Waals surface area contributed by atoms with Gasteiger partial charge in [0.05, 0.1) is 5.41 Å². The third kappa shape index (κ3) is 2.58. The van der Waals surface area contributed by atoms with Crippen LogP contribution in [0.25, 0.3) is 0 Å². The van der Waals surface area contributed by atoms with E-state index < -0.39 is 11.4 Å². The van der Waals surface area contributed by atoms with Crippen LogP contribution in [0.4, 0.5) is 0 Å². The number of hydrogen-bond acceptors (Lipinski definition) is 3. The van der Waals surface area contributed by atoms with Crippen LogP contribution in [0.2, 0.25) is 0 Å². The van der Waals surface area contributed by atoms with Crippen LogP contribution in [0.5, 0.6) is 0 Å². The van der Waals surface area contributed by atoms with Crippen LogP contribution in [0, 0.1) is 10.8 Å². The van der Waals surface area contributed by atoms with Crippen molar-refractivity contribution in [1.82, 2.24) is 4.90 Å². The van der Waals surface area contributed by atoms with E-state index in [1.165, 1.54) is 4.90 Å². The molecule has 2 amide bonds. The Morgan fingerprint density at radius 3 is 2.15 bits per heavy atom. The van der Waals surface area contributed by atoms with Gasteiger partial charge < -0.3 is 5.11 Å². The normalized spacial score (nSPS) is 25.0. The highest BCUT2D eigenvalue weighted by Crippen LogP contribution is 2.47. The van der Waals surface area contributed by atoms with Crippen LogP contribution in [-0.2, 0) is 14.4 Å². The molecule has 1 unspecified atom stereocenters. The van der Waals surface area contributed by atoms with Gasteiger partial charge in [-0.1, -0.05) is 19.8 Å². The second kappa shape index (κ2) is 5.19. The maximum Gasteiger partial charge on any atom is 0.311 e. The second-order valence-electron chi connectivity index (χ2n) is 6.65. The Balaban J connectivity index is 2.12. The first-order chi connectivity index (χ1) is 9.32. The van der Waals surface area contributed by atoms with Crippen molar-refractivity contribution in [3.63, 3.8) is 0 Å². The molecule has 0 aromatic rings. The molecule has 0 aromatic heterocycles. The summed E-state index contributed by atoms with van der Waals surface area (Å²) in [4.78, 5) is 37.1. The van der Waals surface area contributed by atoms with E-state index in [1.54, 1.807) is 13.8 Å². The monoisotopic (exact) mass is 281 g/mol. The average Bonchev–Trinajstić information content (AvgIpc) is 2.81. The number of amides is 2. The minimum atomic E-state index is -1.05. The van der Waals surface area contributed by atoms with Gasteiger partial charge in [-0.2, -0.15) is 0 Å². The van der Waals surface area contributed by atoms with E-state index >= 15 is 0 Å². The molecule has 1 atom stereocenters. The number of nitrogens with zero attached hydrogens (tertiary/aromatic N) is 1. The highest BCUT2D eigenvalue weighted by Gasteiger charge is 2.47. The zero-order valence-electron chi connectivity index (χ0n) is 12.3. The summed E-state index contributed by atoms with van der Waals surface area (Å²) < 4.78 is 0. The molecule has 1 heterocycles. The largest absolute Gasteiger partial charge is 0.481 e. The summed E-state index contributed by atoms with van der Waals surface area (Å²) in [7, 11) is 0. The van der Waals surface area contributed by atoms with Crippen LogP contribution in [0.1, 0.15) is 58.8 Å². The number of carboxylic acids is 1. The van der Waals surface area contributed by atoms with Gasteiger partial charge in [0.1, 0.15) is 0 Å². The number of rotatable bonds is 4. The molecule has 0 radical (unpaired) electrons. The van der Waals surface area contributed by atoms with Gasteiger partial charge in [0.15, 0.2) is 0 Å². The Morgan fingerprint density at radius 1 is 1.25 bits per heavy atom. The number of hydrogen-bond donors (Lipinski definition) is 1. The molecule has 5 nitrogen and oxygen atoms in total. The van der Waals surface area contributed by atoms with E-state index in [0.29, 0.717) is 19.3 Å². The van der Waals surface area contributed by atoms with Gasteiger partial charge in [0, 0.05) is 19.4 Å². The molecule has 20 heavy (non-hydrogen) atoms.